The van der Waals surface area contributed by atoms with Crippen LogP contribution in [0, 0.1) is 0 Å². The highest BCUT2D eigenvalue weighted by molar-refractivity contribution is 5.76. The number of benzene rings is 1. The molecular weight excluding hydrogens is 264 g/mol. The quantitative estimate of drug-likeness (QED) is 0.816. The number of imidazole rings is 1. The van der Waals surface area contributed by atoms with Crippen molar-refractivity contribution in [3.8, 4) is 0 Å². The Balaban J connectivity index is 1.72. The van der Waals surface area contributed by atoms with E-state index in [4.69, 9.17) is 5.73 Å². The third-order valence-electron chi connectivity index (χ3n) is 3.36. The summed E-state index contributed by atoms with van der Waals surface area (Å²) in [6, 6.07) is 9.83. The maximum absolute atomic E-state index is 11.9. The van der Waals surface area contributed by atoms with E-state index in [-0.39, 0.29) is 18.0 Å². The van der Waals surface area contributed by atoms with Crippen molar-refractivity contribution in [3.63, 3.8) is 0 Å². The molecule has 1 heterocycles. The highest BCUT2D eigenvalue weighted by atomic mass is 16.1. The lowest BCUT2D eigenvalue weighted by atomic mass is 10.0. The van der Waals surface area contributed by atoms with Crippen LogP contribution < -0.4 is 11.1 Å². The van der Waals surface area contributed by atoms with Crippen LogP contribution in [0.2, 0.25) is 0 Å². The molecule has 3 N–H and O–H groups in total. The number of carbonyl (C=O) groups excluding carboxylic acids is 1. The van der Waals surface area contributed by atoms with Crippen LogP contribution in [0.25, 0.3) is 0 Å². The zero-order valence-corrected chi connectivity index (χ0v) is 12.3. The van der Waals surface area contributed by atoms with Gasteiger partial charge in [-0.25, -0.2) is 4.98 Å². The lowest BCUT2D eigenvalue weighted by molar-refractivity contribution is -0.121. The molecule has 21 heavy (non-hydrogen) atoms. The minimum atomic E-state index is -0.0964. The molecule has 1 aromatic heterocycles. The number of hydrogen-bond donors (Lipinski definition) is 2. The first-order valence-corrected chi connectivity index (χ1v) is 7.21. The molecule has 0 saturated carbocycles. The Bertz CT molecular complexity index is 539. The van der Waals surface area contributed by atoms with Gasteiger partial charge in [0.1, 0.15) is 0 Å². The van der Waals surface area contributed by atoms with Crippen molar-refractivity contribution in [1.29, 1.82) is 0 Å². The number of nitrogens with zero attached hydrogens (tertiary/aromatic N) is 2. The van der Waals surface area contributed by atoms with E-state index >= 15 is 0 Å². The van der Waals surface area contributed by atoms with Crippen molar-refractivity contribution in [2.45, 2.75) is 38.4 Å². The Hall–Kier alpha value is -2.14. The van der Waals surface area contributed by atoms with Crippen molar-refractivity contribution in [1.82, 2.24) is 14.9 Å². The molecule has 0 aliphatic carbocycles. The molecule has 0 fully saturated rings. The molecule has 0 spiro atoms. The van der Waals surface area contributed by atoms with Crippen LogP contribution in [0.3, 0.4) is 0 Å². The van der Waals surface area contributed by atoms with Gasteiger partial charge in [0.15, 0.2) is 0 Å². The second-order valence-corrected chi connectivity index (χ2v) is 5.28. The van der Waals surface area contributed by atoms with Crippen LogP contribution in [-0.4, -0.2) is 21.5 Å². The van der Waals surface area contributed by atoms with Crippen LogP contribution in [0.4, 0.5) is 0 Å². The summed E-state index contributed by atoms with van der Waals surface area (Å²) in [4.78, 5) is 15.9. The standard InChI is InChI=1S/C16H22N4O/c1-13(11-20-10-9-18-12-20)19-16(21)8-7-15(17)14-5-3-2-4-6-14/h2-6,9-10,12-13,15H,7-8,11,17H2,1H3,(H,19,21). The van der Waals surface area contributed by atoms with Gasteiger partial charge in [-0.15, -0.1) is 0 Å². The van der Waals surface area contributed by atoms with Crippen molar-refractivity contribution in [2.75, 3.05) is 0 Å². The molecule has 0 aliphatic rings. The Morgan fingerprint density at radius 1 is 1.38 bits per heavy atom. The van der Waals surface area contributed by atoms with E-state index in [0.29, 0.717) is 12.8 Å². The van der Waals surface area contributed by atoms with Crippen LogP contribution in [0.5, 0.6) is 0 Å². The number of nitrogens with two attached hydrogens (primary N) is 1. The Labute approximate surface area is 125 Å². The van der Waals surface area contributed by atoms with Gasteiger partial charge in [0.05, 0.1) is 6.33 Å². The van der Waals surface area contributed by atoms with E-state index in [9.17, 15) is 4.79 Å². The number of aromatic nitrogens is 2. The lowest BCUT2D eigenvalue weighted by Gasteiger charge is -2.16. The predicted molar refractivity (Wildman–Crippen MR) is 82.4 cm³/mol. The fourth-order valence-electron chi connectivity index (χ4n) is 2.26. The number of carbonyl (C=O) groups is 1. The Morgan fingerprint density at radius 3 is 2.81 bits per heavy atom. The smallest absolute Gasteiger partial charge is 0.220 e. The number of amides is 1. The minimum Gasteiger partial charge on any atom is -0.352 e. The molecule has 1 aromatic carbocycles. The molecule has 0 saturated heterocycles. The molecule has 112 valence electrons. The van der Waals surface area contributed by atoms with Crippen LogP contribution in [-0.2, 0) is 11.3 Å². The van der Waals surface area contributed by atoms with Gasteiger partial charge in [0, 0.05) is 37.4 Å². The molecule has 2 unspecified atom stereocenters. The van der Waals surface area contributed by atoms with Gasteiger partial charge < -0.3 is 15.6 Å². The van der Waals surface area contributed by atoms with Gasteiger partial charge in [-0.3, -0.25) is 4.79 Å². The van der Waals surface area contributed by atoms with Crippen molar-refractivity contribution in [2.24, 2.45) is 5.73 Å². The van der Waals surface area contributed by atoms with Crippen molar-refractivity contribution >= 4 is 5.91 Å². The highest BCUT2D eigenvalue weighted by Gasteiger charge is 2.11. The minimum absolute atomic E-state index is 0.0361. The second kappa shape index (κ2) is 7.59. The molecule has 0 aliphatic heterocycles. The second-order valence-electron chi connectivity index (χ2n) is 5.28. The first-order chi connectivity index (χ1) is 10.1. The summed E-state index contributed by atoms with van der Waals surface area (Å²) in [6.45, 7) is 2.70. The van der Waals surface area contributed by atoms with Gasteiger partial charge in [-0.2, -0.15) is 0 Å². The van der Waals surface area contributed by atoms with E-state index in [1.165, 1.54) is 0 Å². The third kappa shape index (κ3) is 5.04. The lowest BCUT2D eigenvalue weighted by Crippen LogP contribution is -2.35. The Morgan fingerprint density at radius 2 is 2.14 bits per heavy atom. The topological polar surface area (TPSA) is 72.9 Å². The molecule has 0 radical (unpaired) electrons. The molecule has 0 bridgehead atoms. The van der Waals surface area contributed by atoms with E-state index in [1.54, 1.807) is 12.5 Å². The predicted octanol–water partition coefficient (Wildman–Crippen LogP) is 1.87. The maximum Gasteiger partial charge on any atom is 0.220 e. The summed E-state index contributed by atoms with van der Waals surface area (Å²) in [5.74, 6) is 0.0361. The van der Waals surface area contributed by atoms with Gasteiger partial charge in [-0.1, -0.05) is 30.3 Å². The summed E-state index contributed by atoms with van der Waals surface area (Å²) < 4.78 is 1.95. The number of nitrogens with one attached hydrogen (secondary N) is 1. The van der Waals surface area contributed by atoms with E-state index < -0.39 is 0 Å². The van der Waals surface area contributed by atoms with Gasteiger partial charge in [-0.05, 0) is 18.9 Å². The SMILES string of the molecule is CC(Cn1ccnc1)NC(=O)CCC(N)c1ccccc1. The van der Waals surface area contributed by atoms with E-state index in [0.717, 1.165) is 12.1 Å². The Kier molecular flexibility index (Phi) is 5.51. The van der Waals surface area contributed by atoms with E-state index in [2.05, 4.69) is 10.3 Å². The average Bonchev–Trinajstić information content (AvgIpc) is 2.98. The fourth-order valence-corrected chi connectivity index (χ4v) is 2.26. The first kappa shape index (κ1) is 15.3. The molecule has 2 atom stereocenters. The zero-order valence-electron chi connectivity index (χ0n) is 12.3. The molecule has 5 nitrogen and oxygen atoms in total. The molecular formula is C16H22N4O. The average molecular weight is 286 g/mol. The zero-order chi connectivity index (χ0) is 15.1. The van der Waals surface area contributed by atoms with Crippen molar-refractivity contribution < 1.29 is 4.79 Å². The van der Waals surface area contributed by atoms with Crippen LogP contribution in [0.15, 0.2) is 49.1 Å². The first-order valence-electron chi connectivity index (χ1n) is 7.21. The van der Waals surface area contributed by atoms with Gasteiger partial charge in [0.25, 0.3) is 0 Å². The molecule has 1 amide bonds. The third-order valence-corrected chi connectivity index (χ3v) is 3.36. The highest BCUT2D eigenvalue weighted by Crippen LogP contribution is 2.14. The van der Waals surface area contributed by atoms with Crippen LogP contribution in [0.1, 0.15) is 31.4 Å². The summed E-state index contributed by atoms with van der Waals surface area (Å²) in [5.41, 5.74) is 7.16. The maximum atomic E-state index is 11.9. The molecule has 2 aromatic rings. The summed E-state index contributed by atoms with van der Waals surface area (Å²) in [5, 5.41) is 2.98. The summed E-state index contributed by atoms with van der Waals surface area (Å²) >= 11 is 0. The normalized spacial score (nSPS) is 13.6. The largest absolute Gasteiger partial charge is 0.352 e. The molecule has 5 heteroatoms. The number of hydrogen-bond acceptors (Lipinski definition) is 3. The van der Waals surface area contributed by atoms with Gasteiger partial charge in [0.2, 0.25) is 5.91 Å². The summed E-state index contributed by atoms with van der Waals surface area (Å²) in [7, 11) is 0. The summed E-state index contributed by atoms with van der Waals surface area (Å²) in [6.07, 6.45) is 6.44. The van der Waals surface area contributed by atoms with Gasteiger partial charge >= 0.3 is 0 Å². The monoisotopic (exact) mass is 286 g/mol. The fraction of sp³-hybridized carbons (Fsp3) is 0.375. The molecule has 2 rings (SSSR count). The number of rotatable bonds is 7. The van der Waals surface area contributed by atoms with Crippen molar-refractivity contribution in [3.05, 3.63) is 54.6 Å². The van der Waals surface area contributed by atoms with E-state index in [1.807, 2.05) is 48.0 Å². The van der Waals surface area contributed by atoms with Crippen LogP contribution >= 0.6 is 0 Å².